The van der Waals surface area contributed by atoms with E-state index in [1.165, 1.54) is 26.2 Å². The summed E-state index contributed by atoms with van der Waals surface area (Å²) in [6.45, 7) is 1.46. The van der Waals surface area contributed by atoms with E-state index in [9.17, 15) is 50.6 Å². The van der Waals surface area contributed by atoms with Crippen molar-refractivity contribution >= 4 is 51.7 Å². The zero-order valence-electron chi connectivity index (χ0n) is 23.8. The van der Waals surface area contributed by atoms with Gasteiger partial charge in [-0.3, -0.25) is 19.2 Å². The van der Waals surface area contributed by atoms with Crippen molar-refractivity contribution in [1.29, 1.82) is 0 Å². The molecule has 2 amide bonds. The first-order chi connectivity index (χ1) is 21.4. The minimum atomic E-state index is -5.20. The highest BCUT2D eigenvalue weighted by atomic mass is 127. The summed E-state index contributed by atoms with van der Waals surface area (Å²) in [4.78, 5) is 54.9. The number of rotatable bonds is 3. The maximum Gasteiger partial charge on any atom is 0.416 e. The van der Waals surface area contributed by atoms with Gasteiger partial charge in [-0.05, 0) is 90.2 Å². The third-order valence-electron chi connectivity index (χ3n) is 9.00. The van der Waals surface area contributed by atoms with Crippen molar-refractivity contribution < 1.29 is 55.4 Å². The summed E-state index contributed by atoms with van der Waals surface area (Å²) >= 11 is 1.86. The zero-order chi connectivity index (χ0) is 33.6. The number of Topliss-reactive ketones (excluding diaryl/α,β-unsaturated/α-hetero) is 1. The molecular formula is C32H22F6INO6. The first kappa shape index (κ1) is 32.0. The number of imide groups is 1. The number of benzene rings is 2. The number of methoxy groups -OCH3 is 1. The van der Waals surface area contributed by atoms with E-state index in [0.29, 0.717) is 31.7 Å². The van der Waals surface area contributed by atoms with E-state index in [2.05, 4.69) is 0 Å². The number of ether oxygens (including phenoxy) is 1. The topological polar surface area (TPSA) is 101 Å². The molecule has 0 spiro atoms. The molecule has 46 heavy (non-hydrogen) atoms. The van der Waals surface area contributed by atoms with Crippen molar-refractivity contribution in [1.82, 2.24) is 0 Å². The smallest absolute Gasteiger partial charge is 0.416 e. The molecule has 4 atom stereocenters. The molecule has 0 radical (unpaired) electrons. The van der Waals surface area contributed by atoms with Gasteiger partial charge in [0.2, 0.25) is 11.8 Å². The molecule has 1 saturated heterocycles. The van der Waals surface area contributed by atoms with Crippen LogP contribution in [0.5, 0.6) is 11.5 Å². The lowest BCUT2D eigenvalue weighted by Crippen LogP contribution is -2.39. The lowest BCUT2D eigenvalue weighted by Gasteiger charge is -2.42. The predicted molar refractivity (Wildman–Crippen MR) is 158 cm³/mol. The number of phenolic OH excluding ortho intramolecular Hbond substituents is 1. The summed E-state index contributed by atoms with van der Waals surface area (Å²) in [6.07, 6.45) is -7.79. The molecular weight excluding hydrogens is 735 g/mol. The van der Waals surface area contributed by atoms with Gasteiger partial charge >= 0.3 is 12.4 Å². The van der Waals surface area contributed by atoms with Gasteiger partial charge in [-0.1, -0.05) is 11.6 Å². The van der Waals surface area contributed by atoms with Crippen LogP contribution in [0, 0.1) is 21.3 Å². The Morgan fingerprint density at radius 3 is 2.13 bits per heavy atom. The molecule has 1 N–H and O–H groups in total. The number of allylic oxidation sites excluding steroid dienone is 6. The van der Waals surface area contributed by atoms with Crippen LogP contribution in [0.2, 0.25) is 0 Å². The number of hydrogen-bond acceptors (Lipinski definition) is 6. The Kier molecular flexibility index (Phi) is 7.52. The van der Waals surface area contributed by atoms with Crippen LogP contribution in [0.4, 0.5) is 32.0 Å². The number of carbonyl (C=O) groups is 4. The molecule has 0 saturated carbocycles. The number of hydrogen-bond donors (Lipinski definition) is 1. The minimum Gasteiger partial charge on any atom is -0.504 e. The third kappa shape index (κ3) is 4.95. The van der Waals surface area contributed by atoms with Gasteiger partial charge in [-0.15, -0.1) is 0 Å². The van der Waals surface area contributed by atoms with Crippen LogP contribution < -0.4 is 9.64 Å². The molecule has 6 rings (SSSR count). The van der Waals surface area contributed by atoms with Crippen molar-refractivity contribution in [2.75, 3.05) is 12.0 Å². The lowest BCUT2D eigenvalue weighted by atomic mass is 9.59. The van der Waals surface area contributed by atoms with Gasteiger partial charge in [0.1, 0.15) is 0 Å². The number of anilines is 1. The van der Waals surface area contributed by atoms with E-state index >= 15 is 0 Å². The van der Waals surface area contributed by atoms with Gasteiger partial charge < -0.3 is 9.84 Å². The summed E-state index contributed by atoms with van der Waals surface area (Å²) in [5.74, 6) is -7.13. The second kappa shape index (κ2) is 10.8. The quantitative estimate of drug-likeness (QED) is 0.123. The van der Waals surface area contributed by atoms with Crippen LogP contribution in [0.25, 0.3) is 0 Å². The number of carbonyl (C=O) groups excluding carboxylic acids is 4. The third-order valence-corrected chi connectivity index (χ3v) is 9.82. The van der Waals surface area contributed by atoms with E-state index in [4.69, 9.17) is 4.74 Å². The lowest BCUT2D eigenvalue weighted by molar-refractivity contribution is -0.143. The number of alkyl halides is 6. The predicted octanol–water partition coefficient (Wildman–Crippen LogP) is 6.68. The molecule has 1 fully saturated rings. The fourth-order valence-corrected chi connectivity index (χ4v) is 7.62. The van der Waals surface area contributed by atoms with Crippen molar-refractivity contribution in [3.8, 4) is 11.5 Å². The average molecular weight is 757 g/mol. The zero-order valence-corrected chi connectivity index (χ0v) is 26.0. The van der Waals surface area contributed by atoms with Crippen LogP contribution >= 0.6 is 22.6 Å². The molecule has 4 aliphatic rings. The number of aromatic hydroxyl groups is 1. The first-order valence-electron chi connectivity index (χ1n) is 13.9. The molecule has 0 bridgehead atoms. The van der Waals surface area contributed by atoms with E-state index in [1.807, 2.05) is 22.6 Å². The Balaban J connectivity index is 1.50. The minimum absolute atomic E-state index is 0.0741. The molecule has 1 heterocycles. The molecule has 240 valence electrons. The number of fused-ring (bicyclic) bond motifs is 3. The Morgan fingerprint density at radius 2 is 1.54 bits per heavy atom. The normalized spacial score (nSPS) is 24.8. The monoisotopic (exact) mass is 757 g/mol. The highest BCUT2D eigenvalue weighted by Crippen LogP contribution is 2.56. The van der Waals surface area contributed by atoms with Crippen LogP contribution in [0.1, 0.15) is 42.4 Å². The number of halogens is 7. The number of nitrogens with zero attached hydrogens (tertiary/aromatic N) is 1. The summed E-state index contributed by atoms with van der Waals surface area (Å²) in [6, 6.07) is 3.66. The highest BCUT2D eigenvalue weighted by molar-refractivity contribution is 14.1. The van der Waals surface area contributed by atoms with Gasteiger partial charge in [0.15, 0.2) is 23.1 Å². The SMILES string of the molecule is COc1cc([C@H]2C3=CC[C@@H]4C(=O)N(c5cc(C(F)(F)F)cc(C(F)(F)F)c5)C(=O)[C@@H]4[C@@H]3CC3=C2C(=O)C=C(C)C3=O)cc(I)c1O. The fourth-order valence-electron chi connectivity index (χ4n) is 7.00. The number of amides is 2. The molecule has 0 unspecified atom stereocenters. The average Bonchev–Trinajstić information content (AvgIpc) is 3.24. The molecule has 2 aromatic rings. The van der Waals surface area contributed by atoms with Crippen molar-refractivity contribution in [2.45, 2.75) is 38.0 Å². The standard InChI is InChI=1S/C32H22F6INO6/c1-12-5-22(41)26-20(27(12)42)11-19-17(24(26)13-6-21(39)28(43)23(7-13)46-2)3-4-18-25(19)30(45)40(29(18)44)16-9-14(31(33,34)35)8-15(10-16)32(36,37)38/h3,5-10,18-19,24-25,43H,4,11H2,1-2H3/t18-,19+,24-,25-/m0/s1. The second-order valence-corrected chi connectivity index (χ2v) is 12.7. The summed E-state index contributed by atoms with van der Waals surface area (Å²) in [5, 5.41) is 10.5. The van der Waals surface area contributed by atoms with Gasteiger partial charge in [-0.25, -0.2) is 4.90 Å². The fraction of sp³-hybridized carbons (Fsp3) is 0.312. The molecule has 7 nitrogen and oxygen atoms in total. The second-order valence-electron chi connectivity index (χ2n) is 11.6. The molecule has 0 aromatic heterocycles. The molecule has 2 aromatic carbocycles. The van der Waals surface area contributed by atoms with Crippen LogP contribution in [0.3, 0.4) is 0 Å². The molecule has 3 aliphatic carbocycles. The summed E-state index contributed by atoms with van der Waals surface area (Å²) < 4.78 is 87.5. The summed E-state index contributed by atoms with van der Waals surface area (Å²) in [5.41, 5.74) is -2.86. The van der Waals surface area contributed by atoms with Gasteiger partial charge in [-0.2, -0.15) is 26.3 Å². The van der Waals surface area contributed by atoms with Crippen LogP contribution in [-0.4, -0.2) is 35.6 Å². The molecule has 14 heteroatoms. The van der Waals surface area contributed by atoms with Crippen molar-refractivity contribution in [3.05, 3.63) is 85.0 Å². The Bertz CT molecular complexity index is 1820. The van der Waals surface area contributed by atoms with Crippen LogP contribution in [-0.2, 0) is 31.5 Å². The van der Waals surface area contributed by atoms with E-state index < -0.39 is 76.2 Å². The van der Waals surface area contributed by atoms with E-state index in [0.717, 1.165) is 0 Å². The van der Waals surface area contributed by atoms with Crippen molar-refractivity contribution in [3.63, 3.8) is 0 Å². The maximum absolute atomic E-state index is 14.0. The maximum atomic E-state index is 14.0. The largest absolute Gasteiger partial charge is 0.504 e. The Labute approximate surface area is 270 Å². The van der Waals surface area contributed by atoms with Crippen LogP contribution in [0.15, 0.2) is 64.8 Å². The van der Waals surface area contributed by atoms with E-state index in [1.54, 1.807) is 12.1 Å². The Hall–Kier alpha value is -3.95. The number of phenols is 1. The number of ketones is 2. The highest BCUT2D eigenvalue weighted by Gasteiger charge is 2.57. The van der Waals surface area contributed by atoms with E-state index in [-0.39, 0.29) is 47.1 Å². The van der Waals surface area contributed by atoms with Gasteiger partial charge in [0.25, 0.3) is 0 Å². The van der Waals surface area contributed by atoms with Gasteiger partial charge in [0, 0.05) is 22.6 Å². The Morgan fingerprint density at radius 1 is 0.913 bits per heavy atom. The van der Waals surface area contributed by atoms with Gasteiger partial charge in [0.05, 0.1) is 39.3 Å². The summed E-state index contributed by atoms with van der Waals surface area (Å²) in [7, 11) is 1.32. The van der Waals surface area contributed by atoms with Crippen molar-refractivity contribution in [2.24, 2.45) is 17.8 Å². The first-order valence-corrected chi connectivity index (χ1v) is 15.0. The molecule has 1 aliphatic heterocycles.